The Morgan fingerprint density at radius 3 is 2.81 bits per heavy atom. The maximum atomic E-state index is 12.5. The number of carbonyl (C=O) groups excluding carboxylic acids is 1. The molecule has 0 saturated heterocycles. The van der Waals surface area contributed by atoms with Crippen molar-refractivity contribution >= 4 is 34.3 Å². The van der Waals surface area contributed by atoms with Gasteiger partial charge in [0, 0.05) is 17.1 Å². The number of nitrogens with one attached hydrogen (secondary N) is 2. The number of hydrogen-bond donors (Lipinski definition) is 2. The molecule has 0 radical (unpaired) electrons. The average molecular weight is 374 g/mol. The Morgan fingerprint density at radius 1 is 1.35 bits per heavy atom. The van der Waals surface area contributed by atoms with Crippen LogP contribution in [0.2, 0.25) is 0 Å². The number of benzene rings is 1. The van der Waals surface area contributed by atoms with Crippen LogP contribution in [0.25, 0.3) is 11.0 Å². The normalized spacial score (nSPS) is 16.9. The summed E-state index contributed by atoms with van der Waals surface area (Å²) in [5.41, 5.74) is 1.35. The van der Waals surface area contributed by atoms with Gasteiger partial charge < -0.3 is 24.5 Å². The molecule has 0 amide bonds. The first-order chi connectivity index (χ1) is 12.4. The van der Waals surface area contributed by atoms with Gasteiger partial charge in [-0.15, -0.1) is 0 Å². The molecule has 1 aromatic heterocycles. The van der Waals surface area contributed by atoms with Crippen LogP contribution in [0.5, 0.6) is 5.75 Å². The monoisotopic (exact) mass is 374 g/mol. The Labute approximate surface area is 155 Å². The largest absolute Gasteiger partial charge is 0.497 e. The number of hydrogen-bond acceptors (Lipinski definition) is 6. The Morgan fingerprint density at radius 2 is 2.12 bits per heavy atom. The molecule has 0 aliphatic carbocycles. The summed E-state index contributed by atoms with van der Waals surface area (Å²) < 4.78 is 15.7. The van der Waals surface area contributed by atoms with E-state index in [0.717, 1.165) is 0 Å². The maximum Gasteiger partial charge on any atom is 0.338 e. The molecular weight excluding hydrogens is 356 g/mol. The van der Waals surface area contributed by atoms with Gasteiger partial charge in [-0.1, -0.05) is 0 Å². The van der Waals surface area contributed by atoms with Crippen molar-refractivity contribution in [2.45, 2.75) is 19.9 Å². The number of carbonyl (C=O) groups is 1. The molecule has 2 N–H and O–H groups in total. The van der Waals surface area contributed by atoms with Crippen molar-refractivity contribution < 1.29 is 18.7 Å². The molecule has 2 aromatic rings. The zero-order valence-corrected chi connectivity index (χ0v) is 15.4. The van der Waals surface area contributed by atoms with Gasteiger partial charge in [0.15, 0.2) is 5.11 Å². The van der Waals surface area contributed by atoms with Crippen LogP contribution in [0, 0.1) is 0 Å². The van der Waals surface area contributed by atoms with Crippen LogP contribution in [0.1, 0.15) is 25.5 Å². The minimum absolute atomic E-state index is 0.234. The Balaban J connectivity index is 2.25. The zero-order valence-electron chi connectivity index (χ0n) is 14.5. The van der Waals surface area contributed by atoms with E-state index >= 15 is 0 Å². The van der Waals surface area contributed by atoms with Gasteiger partial charge in [0.25, 0.3) is 0 Å². The van der Waals surface area contributed by atoms with Crippen molar-refractivity contribution in [2.75, 3.05) is 13.7 Å². The van der Waals surface area contributed by atoms with Crippen molar-refractivity contribution in [1.82, 2.24) is 10.6 Å². The van der Waals surface area contributed by atoms with Gasteiger partial charge in [0.1, 0.15) is 11.3 Å². The summed E-state index contributed by atoms with van der Waals surface area (Å²) in [6.45, 7) is 3.70. The third kappa shape index (κ3) is 3.28. The first-order valence-corrected chi connectivity index (χ1v) is 8.42. The highest BCUT2D eigenvalue weighted by molar-refractivity contribution is 7.80. The summed E-state index contributed by atoms with van der Waals surface area (Å²) in [6.07, 6.45) is 0. The second-order valence-electron chi connectivity index (χ2n) is 5.67. The highest BCUT2D eigenvalue weighted by Crippen LogP contribution is 2.33. The second-order valence-corrected chi connectivity index (χ2v) is 6.08. The third-order valence-electron chi connectivity index (χ3n) is 4.06. The van der Waals surface area contributed by atoms with Gasteiger partial charge in [-0.2, -0.15) is 0 Å². The first-order valence-electron chi connectivity index (χ1n) is 8.01. The van der Waals surface area contributed by atoms with Gasteiger partial charge in [-0.25, -0.2) is 9.59 Å². The number of rotatable bonds is 4. The lowest BCUT2D eigenvalue weighted by atomic mass is 9.93. The zero-order chi connectivity index (χ0) is 18.8. The summed E-state index contributed by atoms with van der Waals surface area (Å²) in [4.78, 5) is 24.6. The SMILES string of the molecule is CCOC(=O)C1=C(C)NC(=S)NC1c1cc(=O)oc2ccc(OC)cc12. The summed E-state index contributed by atoms with van der Waals surface area (Å²) in [5.74, 6) is 0.115. The molecular formula is C18H18N2O5S. The molecule has 2 heterocycles. The molecule has 1 aliphatic rings. The molecule has 3 rings (SSSR count). The number of methoxy groups -OCH3 is 1. The molecule has 0 bridgehead atoms. The predicted molar refractivity (Wildman–Crippen MR) is 100.0 cm³/mol. The molecule has 1 atom stereocenters. The van der Waals surface area contributed by atoms with Crippen molar-refractivity contribution in [2.24, 2.45) is 0 Å². The Kier molecular flexibility index (Phi) is 4.94. The minimum Gasteiger partial charge on any atom is -0.497 e. The molecule has 0 saturated carbocycles. The van der Waals surface area contributed by atoms with Crippen molar-refractivity contribution in [1.29, 1.82) is 0 Å². The van der Waals surface area contributed by atoms with E-state index < -0.39 is 17.6 Å². The molecule has 8 heteroatoms. The van der Waals surface area contributed by atoms with Gasteiger partial charge in [0.2, 0.25) is 0 Å². The molecule has 1 aromatic carbocycles. The number of allylic oxidation sites excluding steroid dienone is 1. The van der Waals surface area contributed by atoms with Crippen LogP contribution in [0.15, 0.2) is 44.7 Å². The minimum atomic E-state index is -0.651. The molecule has 7 nitrogen and oxygen atoms in total. The van der Waals surface area contributed by atoms with Gasteiger partial charge in [0.05, 0.1) is 25.3 Å². The summed E-state index contributed by atoms with van der Waals surface area (Å²) >= 11 is 5.23. The number of esters is 1. The van der Waals surface area contributed by atoms with Crippen molar-refractivity contribution in [3.8, 4) is 5.75 Å². The fraction of sp³-hybridized carbons (Fsp3) is 0.278. The van der Waals surface area contributed by atoms with Crippen molar-refractivity contribution in [3.05, 3.63) is 51.5 Å². The van der Waals surface area contributed by atoms with Crippen molar-refractivity contribution in [3.63, 3.8) is 0 Å². The van der Waals surface area contributed by atoms with Crippen LogP contribution in [0.3, 0.4) is 0 Å². The highest BCUT2D eigenvalue weighted by atomic mass is 32.1. The fourth-order valence-electron chi connectivity index (χ4n) is 2.94. The van der Waals surface area contributed by atoms with E-state index in [-0.39, 0.29) is 6.61 Å². The Hall–Kier alpha value is -2.87. The lowest BCUT2D eigenvalue weighted by Gasteiger charge is -2.30. The molecule has 1 aliphatic heterocycles. The Bertz CT molecular complexity index is 979. The summed E-state index contributed by atoms with van der Waals surface area (Å²) in [5, 5.41) is 6.97. The van der Waals surface area contributed by atoms with Gasteiger partial charge in [-0.3, -0.25) is 0 Å². The molecule has 0 spiro atoms. The second kappa shape index (κ2) is 7.17. The van der Waals surface area contributed by atoms with E-state index in [1.54, 1.807) is 39.2 Å². The molecule has 26 heavy (non-hydrogen) atoms. The average Bonchev–Trinajstić information content (AvgIpc) is 2.60. The number of thiocarbonyl (C=S) groups is 1. The summed E-state index contributed by atoms with van der Waals surface area (Å²) in [6, 6.07) is 5.79. The lowest BCUT2D eigenvalue weighted by molar-refractivity contribution is -0.139. The van der Waals surface area contributed by atoms with Crippen LogP contribution >= 0.6 is 12.2 Å². The number of ether oxygens (including phenoxy) is 2. The highest BCUT2D eigenvalue weighted by Gasteiger charge is 2.32. The molecule has 1 unspecified atom stereocenters. The smallest absolute Gasteiger partial charge is 0.338 e. The fourth-order valence-corrected chi connectivity index (χ4v) is 3.21. The van der Waals surface area contributed by atoms with Gasteiger partial charge in [-0.05, 0) is 49.8 Å². The number of fused-ring (bicyclic) bond motifs is 1. The first kappa shape index (κ1) is 17.9. The van der Waals surface area contributed by atoms with Gasteiger partial charge >= 0.3 is 11.6 Å². The van der Waals surface area contributed by atoms with E-state index in [2.05, 4.69) is 10.6 Å². The predicted octanol–water partition coefficient (Wildman–Crippen LogP) is 2.16. The van der Waals surface area contributed by atoms with E-state index in [4.69, 9.17) is 26.1 Å². The molecule has 136 valence electrons. The lowest BCUT2D eigenvalue weighted by Crippen LogP contribution is -2.45. The van der Waals surface area contributed by atoms with Crippen LogP contribution in [0.4, 0.5) is 0 Å². The molecule has 0 fully saturated rings. The van der Waals surface area contributed by atoms with Crippen LogP contribution in [-0.4, -0.2) is 24.8 Å². The summed E-state index contributed by atoms with van der Waals surface area (Å²) in [7, 11) is 1.55. The van der Waals surface area contributed by atoms with E-state index in [0.29, 0.717) is 38.7 Å². The van der Waals surface area contributed by atoms with E-state index in [9.17, 15) is 9.59 Å². The third-order valence-corrected chi connectivity index (χ3v) is 4.28. The quantitative estimate of drug-likeness (QED) is 0.478. The van der Waals surface area contributed by atoms with Crippen LogP contribution in [-0.2, 0) is 9.53 Å². The van der Waals surface area contributed by atoms with Crippen LogP contribution < -0.4 is 21.0 Å². The van der Waals surface area contributed by atoms with E-state index in [1.807, 2.05) is 0 Å². The topological polar surface area (TPSA) is 89.8 Å². The van der Waals surface area contributed by atoms with E-state index in [1.165, 1.54) is 6.07 Å². The standard InChI is InChI=1S/C18H18N2O5S/c1-4-24-17(22)15-9(2)19-18(26)20-16(15)12-8-14(21)25-13-6-5-10(23-3)7-11(12)13/h5-8,16H,4H2,1-3H3,(H2,19,20,26). The maximum absolute atomic E-state index is 12.5.